The average Bonchev–Trinajstić information content (AvgIpc) is 2.98. The molecule has 0 spiro atoms. The van der Waals surface area contributed by atoms with E-state index in [1.807, 2.05) is 24.5 Å². The van der Waals surface area contributed by atoms with Gasteiger partial charge in [0.1, 0.15) is 0 Å². The van der Waals surface area contributed by atoms with Crippen LogP contribution in [0, 0.1) is 0 Å². The zero-order valence-corrected chi connectivity index (χ0v) is 17.7. The predicted octanol–water partition coefficient (Wildman–Crippen LogP) is 3.55. The van der Waals surface area contributed by atoms with Crippen LogP contribution in [0.3, 0.4) is 0 Å². The van der Waals surface area contributed by atoms with Crippen LogP contribution in [0.2, 0.25) is 0 Å². The van der Waals surface area contributed by atoms with E-state index in [4.69, 9.17) is 4.74 Å². The molecule has 1 amide bonds. The Morgan fingerprint density at radius 1 is 1.10 bits per heavy atom. The van der Waals surface area contributed by atoms with Gasteiger partial charge in [-0.25, -0.2) is 4.98 Å². The molecular weight excluding hydrogens is 364 g/mol. The number of benzene rings is 1. The summed E-state index contributed by atoms with van der Waals surface area (Å²) in [6, 6.07) is 6.29. The Morgan fingerprint density at radius 2 is 1.90 bits per heavy atom. The second-order valence-electron chi connectivity index (χ2n) is 8.50. The summed E-state index contributed by atoms with van der Waals surface area (Å²) in [6.45, 7) is 5.69. The molecule has 2 aliphatic heterocycles. The number of amides is 1. The Kier molecular flexibility index (Phi) is 6.82. The van der Waals surface area contributed by atoms with Crippen LogP contribution in [0.15, 0.2) is 24.5 Å². The topological polar surface area (TPSA) is 50.6 Å². The predicted molar refractivity (Wildman–Crippen MR) is 115 cm³/mol. The number of carbonyl (C=O) groups excluding carboxylic acids is 1. The van der Waals surface area contributed by atoms with Gasteiger partial charge in [0, 0.05) is 38.3 Å². The average molecular weight is 399 g/mol. The summed E-state index contributed by atoms with van der Waals surface area (Å²) in [5.41, 5.74) is 2.70. The monoisotopic (exact) mass is 398 g/mol. The summed E-state index contributed by atoms with van der Waals surface area (Å²) in [4.78, 5) is 22.6. The zero-order chi connectivity index (χ0) is 20.1. The molecule has 158 valence electrons. The highest BCUT2D eigenvalue weighted by atomic mass is 16.5. The molecule has 0 N–H and O–H groups in total. The van der Waals surface area contributed by atoms with Crippen molar-refractivity contribution in [2.45, 2.75) is 57.5 Å². The number of fused-ring (bicyclic) bond motifs is 1. The number of hydrogen-bond donors (Lipinski definition) is 0. The van der Waals surface area contributed by atoms with Crippen LogP contribution >= 0.6 is 0 Å². The fraction of sp³-hybridized carbons (Fsp3) is 0.652. The van der Waals surface area contributed by atoms with Gasteiger partial charge >= 0.3 is 0 Å². The van der Waals surface area contributed by atoms with Gasteiger partial charge in [-0.15, -0.1) is 0 Å². The van der Waals surface area contributed by atoms with Crippen molar-refractivity contribution in [1.82, 2.24) is 19.4 Å². The molecule has 29 heavy (non-hydrogen) atoms. The zero-order valence-electron chi connectivity index (χ0n) is 17.7. The molecule has 0 saturated carbocycles. The number of nitrogens with zero attached hydrogens (tertiary/aromatic N) is 4. The highest BCUT2D eigenvalue weighted by Crippen LogP contribution is 2.23. The molecule has 4 rings (SSSR count). The van der Waals surface area contributed by atoms with Crippen molar-refractivity contribution in [2.24, 2.45) is 0 Å². The SMILES string of the molecule is COCCn1cnc2cc(C(=O)N3CCCCC3CN3CCCCCC3)ccc21. The third-order valence-electron chi connectivity index (χ3n) is 6.46. The lowest BCUT2D eigenvalue weighted by Crippen LogP contribution is -2.49. The first kappa shape index (κ1) is 20.4. The normalized spacial score (nSPS) is 21.4. The Labute approximate surface area is 173 Å². The maximum absolute atomic E-state index is 13.4. The number of rotatable bonds is 6. The maximum Gasteiger partial charge on any atom is 0.254 e. The number of likely N-dealkylation sites (tertiary alicyclic amines) is 2. The molecule has 6 heteroatoms. The fourth-order valence-corrected chi connectivity index (χ4v) is 4.81. The second kappa shape index (κ2) is 9.72. The number of ether oxygens (including phenoxy) is 1. The first-order chi connectivity index (χ1) is 14.3. The van der Waals surface area contributed by atoms with Gasteiger partial charge in [0.05, 0.1) is 24.0 Å². The van der Waals surface area contributed by atoms with Crippen molar-refractivity contribution in [3.05, 3.63) is 30.1 Å². The third-order valence-corrected chi connectivity index (χ3v) is 6.46. The van der Waals surface area contributed by atoms with E-state index in [2.05, 4.69) is 19.4 Å². The first-order valence-corrected chi connectivity index (χ1v) is 11.2. The smallest absolute Gasteiger partial charge is 0.254 e. The van der Waals surface area contributed by atoms with E-state index in [0.717, 1.165) is 49.1 Å². The molecule has 2 saturated heterocycles. The van der Waals surface area contributed by atoms with Crippen LogP contribution in [0.25, 0.3) is 11.0 Å². The fourth-order valence-electron chi connectivity index (χ4n) is 4.81. The van der Waals surface area contributed by atoms with Gasteiger partial charge in [-0.3, -0.25) is 4.79 Å². The van der Waals surface area contributed by atoms with Gasteiger partial charge in [0.25, 0.3) is 5.91 Å². The molecule has 2 aromatic rings. The molecule has 3 heterocycles. The Balaban J connectivity index is 1.48. The van der Waals surface area contributed by atoms with Crippen LogP contribution in [0.4, 0.5) is 0 Å². The largest absolute Gasteiger partial charge is 0.383 e. The van der Waals surface area contributed by atoms with E-state index in [1.165, 1.54) is 45.2 Å². The van der Waals surface area contributed by atoms with Crippen LogP contribution in [-0.4, -0.2) is 71.2 Å². The van der Waals surface area contributed by atoms with Crippen molar-refractivity contribution in [3.63, 3.8) is 0 Å². The number of carbonyl (C=O) groups is 1. The minimum absolute atomic E-state index is 0.165. The number of imidazole rings is 1. The second-order valence-corrected chi connectivity index (χ2v) is 8.50. The Bertz CT molecular complexity index is 810. The lowest BCUT2D eigenvalue weighted by Gasteiger charge is -2.38. The number of hydrogen-bond acceptors (Lipinski definition) is 4. The summed E-state index contributed by atoms with van der Waals surface area (Å²) in [7, 11) is 1.70. The van der Waals surface area contributed by atoms with Crippen molar-refractivity contribution in [1.29, 1.82) is 0 Å². The maximum atomic E-state index is 13.4. The highest BCUT2D eigenvalue weighted by molar-refractivity contribution is 5.97. The van der Waals surface area contributed by atoms with Gasteiger partial charge in [-0.2, -0.15) is 0 Å². The molecule has 1 unspecified atom stereocenters. The summed E-state index contributed by atoms with van der Waals surface area (Å²) in [6.07, 6.45) is 10.6. The lowest BCUT2D eigenvalue weighted by molar-refractivity contribution is 0.0547. The molecule has 1 atom stereocenters. The van der Waals surface area contributed by atoms with Gasteiger partial charge < -0.3 is 19.1 Å². The summed E-state index contributed by atoms with van der Waals surface area (Å²) < 4.78 is 7.25. The standard InChI is InChI=1S/C23H34N4O2/c1-29-15-14-26-18-24-21-16-19(9-10-22(21)26)23(28)27-13-7-4-8-20(27)17-25-11-5-2-3-6-12-25/h9-10,16,18,20H,2-8,11-15,17H2,1H3. The molecule has 2 fully saturated rings. The van der Waals surface area contributed by atoms with E-state index in [0.29, 0.717) is 12.6 Å². The van der Waals surface area contributed by atoms with Crippen molar-refractivity contribution >= 4 is 16.9 Å². The van der Waals surface area contributed by atoms with E-state index < -0.39 is 0 Å². The van der Waals surface area contributed by atoms with Gasteiger partial charge in [-0.1, -0.05) is 12.8 Å². The molecule has 1 aromatic heterocycles. The Hall–Kier alpha value is -1.92. The number of methoxy groups -OCH3 is 1. The molecular formula is C23H34N4O2. The van der Waals surface area contributed by atoms with Crippen molar-refractivity contribution in [3.8, 4) is 0 Å². The molecule has 1 aromatic carbocycles. The number of piperidine rings is 1. The van der Waals surface area contributed by atoms with Gasteiger partial charge in [-0.05, 0) is 63.4 Å². The van der Waals surface area contributed by atoms with Crippen LogP contribution in [0.1, 0.15) is 55.3 Å². The van der Waals surface area contributed by atoms with Crippen LogP contribution < -0.4 is 0 Å². The van der Waals surface area contributed by atoms with Crippen LogP contribution in [-0.2, 0) is 11.3 Å². The summed E-state index contributed by atoms with van der Waals surface area (Å²) >= 11 is 0. The first-order valence-electron chi connectivity index (χ1n) is 11.2. The molecule has 0 radical (unpaired) electrons. The highest BCUT2D eigenvalue weighted by Gasteiger charge is 2.29. The quantitative estimate of drug-likeness (QED) is 0.747. The lowest BCUT2D eigenvalue weighted by atomic mass is 10.00. The van der Waals surface area contributed by atoms with Crippen LogP contribution in [0.5, 0.6) is 0 Å². The molecule has 6 nitrogen and oxygen atoms in total. The summed E-state index contributed by atoms with van der Waals surface area (Å²) in [5, 5.41) is 0. The van der Waals surface area contributed by atoms with Crippen molar-refractivity contribution in [2.75, 3.05) is 39.9 Å². The van der Waals surface area contributed by atoms with Gasteiger partial charge in [0.2, 0.25) is 0 Å². The van der Waals surface area contributed by atoms with E-state index >= 15 is 0 Å². The molecule has 0 bridgehead atoms. The van der Waals surface area contributed by atoms with Crippen molar-refractivity contribution < 1.29 is 9.53 Å². The van der Waals surface area contributed by atoms with E-state index in [1.54, 1.807) is 7.11 Å². The summed E-state index contributed by atoms with van der Waals surface area (Å²) in [5.74, 6) is 0.165. The number of aromatic nitrogens is 2. The van der Waals surface area contributed by atoms with E-state index in [9.17, 15) is 4.79 Å². The molecule has 2 aliphatic rings. The van der Waals surface area contributed by atoms with Gasteiger partial charge in [0.15, 0.2) is 0 Å². The third kappa shape index (κ3) is 4.81. The van der Waals surface area contributed by atoms with E-state index in [-0.39, 0.29) is 5.91 Å². The Morgan fingerprint density at radius 3 is 2.69 bits per heavy atom. The minimum Gasteiger partial charge on any atom is -0.383 e. The molecule has 0 aliphatic carbocycles. The minimum atomic E-state index is 0.165.